The van der Waals surface area contributed by atoms with E-state index < -0.39 is 6.04 Å². The van der Waals surface area contributed by atoms with Gasteiger partial charge in [-0.05, 0) is 30.3 Å². The Morgan fingerprint density at radius 2 is 1.84 bits per heavy atom. The fourth-order valence-corrected chi connectivity index (χ4v) is 2.52. The summed E-state index contributed by atoms with van der Waals surface area (Å²) in [6.45, 7) is -0.189. The van der Waals surface area contributed by atoms with Gasteiger partial charge in [-0.2, -0.15) is 0 Å². The minimum Gasteiger partial charge on any atom is -0.394 e. The Labute approximate surface area is 127 Å². The summed E-state index contributed by atoms with van der Waals surface area (Å²) in [6.07, 6.45) is 0. The van der Waals surface area contributed by atoms with E-state index in [1.54, 1.807) is 12.1 Å². The fourth-order valence-electron chi connectivity index (χ4n) is 1.79. The fraction of sp³-hybridized carbons (Fsp3) is 0.143. The highest BCUT2D eigenvalue weighted by Gasteiger charge is 2.15. The summed E-state index contributed by atoms with van der Waals surface area (Å²) in [5.41, 5.74) is 1.25. The van der Waals surface area contributed by atoms with Crippen molar-refractivity contribution in [3.8, 4) is 0 Å². The van der Waals surface area contributed by atoms with Gasteiger partial charge in [-0.1, -0.05) is 44.0 Å². The largest absolute Gasteiger partial charge is 0.394 e. The molecule has 0 saturated heterocycles. The lowest BCUT2D eigenvalue weighted by molar-refractivity contribution is 0.274. The summed E-state index contributed by atoms with van der Waals surface area (Å²) < 4.78 is 15.5. The van der Waals surface area contributed by atoms with Crippen LogP contribution in [0.4, 0.5) is 10.1 Å². The highest BCUT2D eigenvalue weighted by atomic mass is 79.9. The van der Waals surface area contributed by atoms with Gasteiger partial charge >= 0.3 is 0 Å². The van der Waals surface area contributed by atoms with Crippen molar-refractivity contribution in [1.29, 1.82) is 0 Å². The molecule has 0 amide bonds. The van der Waals surface area contributed by atoms with Crippen LogP contribution in [0.2, 0.25) is 0 Å². The van der Waals surface area contributed by atoms with Gasteiger partial charge in [0.1, 0.15) is 5.82 Å². The maximum atomic E-state index is 13.9. The predicted octanol–water partition coefficient (Wildman–Crippen LogP) is 4.50. The van der Waals surface area contributed by atoms with Crippen LogP contribution in [0.1, 0.15) is 11.6 Å². The van der Waals surface area contributed by atoms with Crippen molar-refractivity contribution in [2.45, 2.75) is 6.04 Å². The molecule has 100 valence electrons. The van der Waals surface area contributed by atoms with Crippen LogP contribution in [0.3, 0.4) is 0 Å². The molecule has 1 unspecified atom stereocenters. The standard InChI is InChI=1S/C14H12Br2FNO/c15-9-2-1-3-11(6-9)18-14(8-19)12-5-4-10(16)7-13(12)17/h1-7,14,18-19H,8H2. The van der Waals surface area contributed by atoms with Crippen molar-refractivity contribution in [1.82, 2.24) is 0 Å². The van der Waals surface area contributed by atoms with Crippen LogP contribution in [0.25, 0.3) is 0 Å². The molecule has 19 heavy (non-hydrogen) atoms. The second-order valence-corrected chi connectivity index (χ2v) is 5.89. The van der Waals surface area contributed by atoms with Crippen LogP contribution in [0.15, 0.2) is 51.4 Å². The van der Waals surface area contributed by atoms with Gasteiger partial charge < -0.3 is 10.4 Å². The second-order valence-electron chi connectivity index (χ2n) is 4.06. The number of nitrogens with one attached hydrogen (secondary N) is 1. The molecule has 0 bridgehead atoms. The molecule has 0 aliphatic rings. The molecule has 0 aromatic heterocycles. The van der Waals surface area contributed by atoms with Gasteiger partial charge in [0.15, 0.2) is 0 Å². The zero-order valence-electron chi connectivity index (χ0n) is 9.91. The first-order chi connectivity index (χ1) is 9.10. The van der Waals surface area contributed by atoms with E-state index in [2.05, 4.69) is 37.2 Å². The Kier molecular flexibility index (Phi) is 4.96. The van der Waals surface area contributed by atoms with Crippen molar-refractivity contribution >= 4 is 37.5 Å². The Bertz CT molecular complexity index is 577. The Morgan fingerprint density at radius 1 is 1.11 bits per heavy atom. The highest BCUT2D eigenvalue weighted by Crippen LogP contribution is 2.25. The van der Waals surface area contributed by atoms with Gasteiger partial charge in [0.25, 0.3) is 0 Å². The molecule has 2 aromatic rings. The third-order valence-electron chi connectivity index (χ3n) is 2.69. The van der Waals surface area contributed by atoms with Crippen LogP contribution < -0.4 is 5.32 Å². The highest BCUT2D eigenvalue weighted by molar-refractivity contribution is 9.10. The molecule has 0 radical (unpaired) electrons. The molecule has 0 spiro atoms. The molecule has 2 nitrogen and oxygen atoms in total. The van der Waals surface area contributed by atoms with Crippen molar-refractivity contribution in [3.63, 3.8) is 0 Å². The third kappa shape index (κ3) is 3.78. The summed E-state index contributed by atoms with van der Waals surface area (Å²) in [5, 5.41) is 12.6. The van der Waals surface area contributed by atoms with Gasteiger partial charge in [0.05, 0.1) is 12.6 Å². The molecule has 2 rings (SSSR count). The molecular weight excluding hydrogens is 377 g/mol. The first-order valence-electron chi connectivity index (χ1n) is 5.68. The van der Waals surface area contributed by atoms with Crippen molar-refractivity contribution in [3.05, 3.63) is 62.8 Å². The topological polar surface area (TPSA) is 32.3 Å². The maximum Gasteiger partial charge on any atom is 0.129 e. The van der Waals surface area contributed by atoms with Gasteiger partial charge in [0, 0.05) is 20.2 Å². The lowest BCUT2D eigenvalue weighted by Crippen LogP contribution is -2.16. The smallest absolute Gasteiger partial charge is 0.129 e. The van der Waals surface area contributed by atoms with Crippen LogP contribution in [0, 0.1) is 5.82 Å². The SMILES string of the molecule is OCC(Nc1cccc(Br)c1)c1ccc(Br)cc1F. The summed E-state index contributed by atoms with van der Waals surface area (Å²) in [5.74, 6) is -0.351. The summed E-state index contributed by atoms with van der Waals surface area (Å²) in [4.78, 5) is 0. The van der Waals surface area contributed by atoms with Crippen LogP contribution in [0.5, 0.6) is 0 Å². The zero-order valence-corrected chi connectivity index (χ0v) is 13.1. The Balaban J connectivity index is 2.25. The lowest BCUT2D eigenvalue weighted by Gasteiger charge is -2.19. The van der Waals surface area contributed by atoms with E-state index in [9.17, 15) is 9.50 Å². The summed E-state index contributed by atoms with van der Waals surface area (Å²) >= 11 is 6.59. The number of halogens is 3. The van der Waals surface area contributed by atoms with E-state index in [0.717, 1.165) is 10.2 Å². The Hall–Kier alpha value is -0.910. The van der Waals surface area contributed by atoms with Gasteiger partial charge in [-0.15, -0.1) is 0 Å². The van der Waals surface area contributed by atoms with E-state index in [4.69, 9.17) is 0 Å². The normalized spacial score (nSPS) is 12.2. The zero-order chi connectivity index (χ0) is 13.8. The van der Waals surface area contributed by atoms with Gasteiger partial charge in [-0.25, -0.2) is 4.39 Å². The summed E-state index contributed by atoms with van der Waals surface area (Å²) in [6, 6.07) is 11.8. The van der Waals surface area contributed by atoms with E-state index in [-0.39, 0.29) is 12.4 Å². The molecule has 0 aliphatic carbocycles. The minimum absolute atomic E-state index is 0.189. The van der Waals surface area contributed by atoms with Crippen LogP contribution in [-0.2, 0) is 0 Å². The number of aliphatic hydroxyl groups excluding tert-OH is 1. The van der Waals surface area contributed by atoms with Crippen molar-refractivity contribution in [2.24, 2.45) is 0 Å². The molecule has 0 heterocycles. The van der Waals surface area contributed by atoms with E-state index in [0.29, 0.717) is 10.0 Å². The van der Waals surface area contributed by atoms with Crippen molar-refractivity contribution < 1.29 is 9.50 Å². The predicted molar refractivity (Wildman–Crippen MR) is 81.7 cm³/mol. The number of rotatable bonds is 4. The number of anilines is 1. The summed E-state index contributed by atoms with van der Waals surface area (Å²) in [7, 11) is 0. The average molecular weight is 389 g/mol. The minimum atomic E-state index is -0.484. The number of benzene rings is 2. The molecular formula is C14H12Br2FNO. The number of hydrogen-bond donors (Lipinski definition) is 2. The van der Waals surface area contributed by atoms with Gasteiger partial charge in [-0.3, -0.25) is 0 Å². The van der Waals surface area contributed by atoms with E-state index in [1.807, 2.05) is 24.3 Å². The first-order valence-corrected chi connectivity index (χ1v) is 7.26. The van der Waals surface area contributed by atoms with Crippen LogP contribution >= 0.6 is 31.9 Å². The van der Waals surface area contributed by atoms with Gasteiger partial charge in [0.2, 0.25) is 0 Å². The monoisotopic (exact) mass is 387 g/mol. The molecule has 1 atom stereocenters. The lowest BCUT2D eigenvalue weighted by atomic mass is 10.1. The first kappa shape index (κ1) is 14.5. The molecule has 2 aromatic carbocycles. The maximum absolute atomic E-state index is 13.9. The van der Waals surface area contributed by atoms with Crippen LogP contribution in [-0.4, -0.2) is 11.7 Å². The number of aliphatic hydroxyl groups is 1. The Morgan fingerprint density at radius 3 is 2.47 bits per heavy atom. The number of hydrogen-bond acceptors (Lipinski definition) is 2. The van der Waals surface area contributed by atoms with Crippen molar-refractivity contribution in [2.75, 3.05) is 11.9 Å². The quantitative estimate of drug-likeness (QED) is 0.808. The molecule has 5 heteroatoms. The molecule has 2 N–H and O–H groups in total. The third-order valence-corrected chi connectivity index (χ3v) is 3.67. The molecule has 0 aliphatic heterocycles. The average Bonchev–Trinajstić information content (AvgIpc) is 2.37. The second kappa shape index (κ2) is 6.50. The molecule has 0 saturated carbocycles. The molecule has 0 fully saturated rings. The van der Waals surface area contributed by atoms with E-state index in [1.165, 1.54) is 6.07 Å². The van der Waals surface area contributed by atoms with E-state index >= 15 is 0 Å².